The van der Waals surface area contributed by atoms with Crippen LogP contribution in [0.5, 0.6) is 0 Å². The van der Waals surface area contributed by atoms with Gasteiger partial charge in [0.15, 0.2) is 0 Å². The first-order chi connectivity index (χ1) is 10.8. The van der Waals surface area contributed by atoms with Crippen molar-refractivity contribution in [2.75, 3.05) is 19.6 Å². The van der Waals surface area contributed by atoms with Crippen molar-refractivity contribution in [1.29, 1.82) is 0 Å². The van der Waals surface area contributed by atoms with Gasteiger partial charge in [-0.15, -0.1) is 4.28 Å². The van der Waals surface area contributed by atoms with Crippen LogP contribution < -0.4 is 10.6 Å². The Hall–Kier alpha value is -1.43. The minimum Gasteiger partial charge on any atom is -0.351 e. The summed E-state index contributed by atoms with van der Waals surface area (Å²) in [6.45, 7) is 1.89. The van der Waals surface area contributed by atoms with Crippen molar-refractivity contribution < 1.29 is 26.8 Å². The molecule has 2 atom stereocenters. The van der Waals surface area contributed by atoms with Gasteiger partial charge in [-0.3, -0.25) is 9.35 Å². The van der Waals surface area contributed by atoms with E-state index in [1.807, 2.05) is 0 Å². The molecule has 23 heavy (non-hydrogen) atoms. The highest BCUT2D eigenvalue weighted by Crippen LogP contribution is 2.30. The lowest BCUT2D eigenvalue weighted by atomic mass is 9.99. The molecular formula is C12H20N4O6S. The summed E-state index contributed by atoms with van der Waals surface area (Å²) in [5.41, 5.74) is 0. The van der Waals surface area contributed by atoms with Crippen LogP contribution in [0.25, 0.3) is 0 Å². The molecule has 0 aromatic rings. The number of nitrogens with zero attached hydrogens (tertiary/aromatic N) is 2. The average Bonchev–Trinajstić information content (AvgIpc) is 2.72. The van der Waals surface area contributed by atoms with Crippen molar-refractivity contribution in [2.45, 2.75) is 43.8 Å². The molecule has 3 amide bonds. The maximum Gasteiger partial charge on any atom is 0.418 e. The zero-order valence-corrected chi connectivity index (χ0v) is 13.3. The molecule has 3 aliphatic rings. The Balaban J connectivity index is 1.64. The summed E-state index contributed by atoms with van der Waals surface area (Å²) < 4.78 is 34.8. The number of carbonyl (C=O) groups excluding carboxylic acids is 2. The molecule has 3 rings (SSSR count). The van der Waals surface area contributed by atoms with Crippen molar-refractivity contribution in [3.8, 4) is 0 Å². The van der Waals surface area contributed by atoms with Crippen LogP contribution in [0.3, 0.4) is 0 Å². The van der Waals surface area contributed by atoms with Crippen LogP contribution in [-0.2, 0) is 19.5 Å². The van der Waals surface area contributed by atoms with E-state index in [1.165, 1.54) is 4.90 Å². The molecule has 3 aliphatic heterocycles. The predicted octanol–water partition coefficient (Wildman–Crippen LogP) is -1.14. The number of urea groups is 1. The number of carbonyl (C=O) groups is 2. The minimum absolute atomic E-state index is 0.0874. The standard InChI is InChI=1S/C12H20N4O6S/c17-11(14-8-3-5-13-6-4-8)10-2-1-9-7-15(10)12(18)16(9)22-23(19,20)21/h8-10,13H,1-7H2,(H,14,17)(H,19,20,21)/t9?,10-/m1/s1. The molecule has 1 unspecified atom stereocenters. The van der Waals surface area contributed by atoms with Gasteiger partial charge in [-0.25, -0.2) is 4.79 Å². The summed E-state index contributed by atoms with van der Waals surface area (Å²) in [5, 5.41) is 6.81. The average molecular weight is 348 g/mol. The van der Waals surface area contributed by atoms with Crippen LogP contribution in [0.4, 0.5) is 4.79 Å². The van der Waals surface area contributed by atoms with E-state index in [9.17, 15) is 18.0 Å². The van der Waals surface area contributed by atoms with E-state index in [0.29, 0.717) is 17.9 Å². The Bertz CT molecular complexity index is 590. The second-order valence-electron chi connectivity index (χ2n) is 6.04. The second-order valence-corrected chi connectivity index (χ2v) is 7.05. The highest BCUT2D eigenvalue weighted by atomic mass is 32.3. The van der Waals surface area contributed by atoms with E-state index in [2.05, 4.69) is 14.9 Å². The lowest BCUT2D eigenvalue weighted by Crippen LogP contribution is -2.53. The topological polar surface area (TPSA) is 128 Å². The van der Waals surface area contributed by atoms with Gasteiger partial charge in [-0.1, -0.05) is 0 Å². The van der Waals surface area contributed by atoms with Crippen molar-refractivity contribution in [3.05, 3.63) is 0 Å². The number of nitrogens with one attached hydrogen (secondary N) is 2. The van der Waals surface area contributed by atoms with E-state index in [-0.39, 0.29) is 18.5 Å². The number of rotatable bonds is 4. The highest BCUT2D eigenvalue weighted by molar-refractivity contribution is 7.80. The SMILES string of the molecule is O=C(NC1CCNCC1)[C@H]1CCC2CN1C(=O)N2OS(=O)(=O)O. The first-order valence-electron chi connectivity index (χ1n) is 7.63. The third kappa shape index (κ3) is 3.57. The molecule has 0 radical (unpaired) electrons. The molecule has 0 saturated carbocycles. The summed E-state index contributed by atoms with van der Waals surface area (Å²) in [7, 11) is -4.77. The molecule has 2 bridgehead atoms. The molecule has 0 aliphatic carbocycles. The number of amides is 3. The maximum absolute atomic E-state index is 12.4. The first-order valence-corrected chi connectivity index (χ1v) is 8.99. The lowest BCUT2D eigenvalue weighted by molar-refractivity contribution is -0.127. The molecule has 11 heteroatoms. The summed E-state index contributed by atoms with van der Waals surface area (Å²) in [6.07, 6.45) is 2.54. The van der Waals surface area contributed by atoms with Crippen molar-refractivity contribution >= 4 is 22.3 Å². The Kier molecular flexibility index (Phi) is 4.45. The van der Waals surface area contributed by atoms with Gasteiger partial charge < -0.3 is 15.5 Å². The number of fused-ring (bicyclic) bond motifs is 2. The van der Waals surface area contributed by atoms with Gasteiger partial charge in [0, 0.05) is 12.6 Å². The van der Waals surface area contributed by atoms with Gasteiger partial charge in [0.05, 0.1) is 6.04 Å². The molecule has 0 aromatic heterocycles. The molecule has 3 saturated heterocycles. The molecule has 130 valence electrons. The van der Waals surface area contributed by atoms with Gasteiger partial charge in [0.2, 0.25) is 5.91 Å². The van der Waals surface area contributed by atoms with Gasteiger partial charge in [-0.2, -0.15) is 13.5 Å². The van der Waals surface area contributed by atoms with E-state index < -0.39 is 28.5 Å². The number of piperidine rings is 2. The van der Waals surface area contributed by atoms with Crippen LogP contribution in [0.15, 0.2) is 0 Å². The zero-order valence-electron chi connectivity index (χ0n) is 12.5. The highest BCUT2D eigenvalue weighted by Gasteiger charge is 2.49. The van der Waals surface area contributed by atoms with Crippen LogP contribution in [-0.4, -0.2) is 72.6 Å². The van der Waals surface area contributed by atoms with Gasteiger partial charge >= 0.3 is 16.4 Å². The zero-order chi connectivity index (χ0) is 16.6. The molecule has 0 aromatic carbocycles. The fourth-order valence-corrected chi connectivity index (χ4v) is 3.76. The quantitative estimate of drug-likeness (QED) is 0.548. The van der Waals surface area contributed by atoms with Crippen LogP contribution >= 0.6 is 0 Å². The Morgan fingerprint density at radius 1 is 1.26 bits per heavy atom. The van der Waals surface area contributed by atoms with Gasteiger partial charge in [0.25, 0.3) is 0 Å². The van der Waals surface area contributed by atoms with Gasteiger partial charge in [-0.05, 0) is 38.8 Å². The van der Waals surface area contributed by atoms with Crippen molar-refractivity contribution in [2.24, 2.45) is 0 Å². The van der Waals surface area contributed by atoms with Crippen LogP contribution in [0, 0.1) is 0 Å². The maximum atomic E-state index is 12.4. The third-order valence-electron chi connectivity index (χ3n) is 4.49. The monoisotopic (exact) mass is 348 g/mol. The summed E-state index contributed by atoms with van der Waals surface area (Å²) in [6, 6.07) is -1.74. The summed E-state index contributed by atoms with van der Waals surface area (Å²) in [5.74, 6) is -0.225. The summed E-state index contributed by atoms with van der Waals surface area (Å²) >= 11 is 0. The Morgan fingerprint density at radius 3 is 2.61 bits per heavy atom. The van der Waals surface area contributed by atoms with E-state index in [1.54, 1.807) is 0 Å². The van der Waals surface area contributed by atoms with Crippen molar-refractivity contribution in [3.63, 3.8) is 0 Å². The lowest BCUT2D eigenvalue weighted by Gasteiger charge is -2.32. The molecule has 0 spiro atoms. The van der Waals surface area contributed by atoms with Gasteiger partial charge in [0.1, 0.15) is 6.04 Å². The fraction of sp³-hybridized carbons (Fsp3) is 0.833. The second kappa shape index (κ2) is 6.23. The summed E-state index contributed by atoms with van der Waals surface area (Å²) in [4.78, 5) is 26.0. The van der Waals surface area contributed by atoms with E-state index in [4.69, 9.17) is 4.55 Å². The number of hydrogen-bond donors (Lipinski definition) is 3. The normalized spacial score (nSPS) is 29.0. The molecular weight excluding hydrogens is 328 g/mol. The van der Waals surface area contributed by atoms with Crippen LogP contribution in [0.1, 0.15) is 25.7 Å². The van der Waals surface area contributed by atoms with E-state index >= 15 is 0 Å². The Labute approximate surface area is 134 Å². The Morgan fingerprint density at radius 2 is 1.96 bits per heavy atom. The molecule has 3 heterocycles. The van der Waals surface area contributed by atoms with Crippen molar-refractivity contribution in [1.82, 2.24) is 20.6 Å². The van der Waals surface area contributed by atoms with Crippen LogP contribution in [0.2, 0.25) is 0 Å². The smallest absolute Gasteiger partial charge is 0.351 e. The predicted molar refractivity (Wildman–Crippen MR) is 77.4 cm³/mol. The largest absolute Gasteiger partial charge is 0.418 e. The third-order valence-corrected chi connectivity index (χ3v) is 4.83. The molecule has 3 fully saturated rings. The fourth-order valence-electron chi connectivity index (χ4n) is 3.37. The van der Waals surface area contributed by atoms with E-state index in [0.717, 1.165) is 25.9 Å². The molecule has 10 nitrogen and oxygen atoms in total. The number of hydrogen-bond acceptors (Lipinski definition) is 6. The number of hydroxylamine groups is 2. The first kappa shape index (κ1) is 16.4. The minimum atomic E-state index is -4.77. The molecule has 3 N–H and O–H groups in total.